The van der Waals surface area contributed by atoms with Crippen molar-refractivity contribution in [3.63, 3.8) is 0 Å². The summed E-state index contributed by atoms with van der Waals surface area (Å²) in [7, 11) is 0. The first-order valence-corrected chi connectivity index (χ1v) is 5.08. The smallest absolute Gasteiger partial charge is 0.137 e. The molecule has 0 atom stereocenters. The molecule has 2 heteroatoms. The molecule has 0 N–H and O–H groups in total. The quantitative estimate of drug-likeness (QED) is 0.588. The zero-order chi connectivity index (χ0) is 11.0. The highest BCUT2D eigenvalue weighted by molar-refractivity contribution is 5.83. The molecule has 2 aromatic carbocycles. The van der Waals surface area contributed by atoms with Crippen LogP contribution in [-0.4, -0.2) is 0 Å². The number of hydrogen-bond acceptors (Lipinski definition) is 1. The molecule has 0 unspecified atom stereocenters. The minimum Gasteiger partial charge on any atom is -0.456 e. The van der Waals surface area contributed by atoms with E-state index in [2.05, 4.69) is 0 Å². The van der Waals surface area contributed by atoms with Crippen LogP contribution in [0.5, 0.6) is 0 Å². The summed E-state index contributed by atoms with van der Waals surface area (Å²) in [5.41, 5.74) is 1.54. The van der Waals surface area contributed by atoms with E-state index in [4.69, 9.17) is 4.42 Å². The number of benzene rings is 2. The Bertz CT molecular complexity index is 626. The molecule has 3 rings (SSSR count). The zero-order valence-corrected chi connectivity index (χ0v) is 8.48. The van der Waals surface area contributed by atoms with E-state index in [1.54, 1.807) is 18.2 Å². The molecule has 0 aliphatic rings. The number of fused-ring (bicyclic) bond motifs is 1. The van der Waals surface area contributed by atoms with E-state index < -0.39 is 0 Å². The van der Waals surface area contributed by atoms with Gasteiger partial charge in [-0.2, -0.15) is 0 Å². The maximum atomic E-state index is 13.5. The number of furan rings is 1. The molecule has 0 radical (unpaired) electrons. The SMILES string of the molecule is Fc1cccc2oc(-c3ccccc3)cc12. The Kier molecular flexibility index (Phi) is 2.00. The lowest BCUT2D eigenvalue weighted by atomic mass is 10.1. The summed E-state index contributed by atoms with van der Waals surface area (Å²) in [6.45, 7) is 0. The fourth-order valence-corrected chi connectivity index (χ4v) is 1.77. The number of halogens is 1. The normalized spacial score (nSPS) is 10.8. The molecule has 0 fully saturated rings. The van der Waals surface area contributed by atoms with Gasteiger partial charge in [0.2, 0.25) is 0 Å². The summed E-state index contributed by atoms with van der Waals surface area (Å²) >= 11 is 0. The minimum absolute atomic E-state index is 0.247. The van der Waals surface area contributed by atoms with Crippen LogP contribution in [0.1, 0.15) is 0 Å². The zero-order valence-electron chi connectivity index (χ0n) is 8.48. The van der Waals surface area contributed by atoms with Crippen molar-refractivity contribution in [2.24, 2.45) is 0 Å². The Morgan fingerprint density at radius 1 is 0.875 bits per heavy atom. The Morgan fingerprint density at radius 2 is 1.69 bits per heavy atom. The molecule has 0 bridgehead atoms. The highest BCUT2D eigenvalue weighted by Crippen LogP contribution is 2.28. The Morgan fingerprint density at radius 3 is 2.44 bits per heavy atom. The first kappa shape index (κ1) is 9.16. The van der Waals surface area contributed by atoms with Gasteiger partial charge >= 0.3 is 0 Å². The molecule has 1 nitrogen and oxygen atoms in total. The van der Waals surface area contributed by atoms with E-state index >= 15 is 0 Å². The fraction of sp³-hybridized carbons (Fsp3) is 0. The Hall–Kier alpha value is -2.09. The molecule has 3 aromatic rings. The third-order valence-electron chi connectivity index (χ3n) is 2.57. The van der Waals surface area contributed by atoms with Crippen molar-refractivity contribution in [3.8, 4) is 11.3 Å². The topological polar surface area (TPSA) is 13.1 Å². The maximum absolute atomic E-state index is 13.5. The summed E-state index contributed by atoms with van der Waals surface area (Å²) in [6, 6.07) is 16.3. The Balaban J connectivity index is 2.23. The molecule has 0 aliphatic heterocycles. The van der Waals surface area contributed by atoms with Crippen molar-refractivity contribution in [1.82, 2.24) is 0 Å². The average molecular weight is 212 g/mol. The largest absolute Gasteiger partial charge is 0.456 e. The Labute approximate surface area is 92.1 Å². The molecular weight excluding hydrogens is 203 g/mol. The van der Waals surface area contributed by atoms with Crippen molar-refractivity contribution >= 4 is 11.0 Å². The van der Waals surface area contributed by atoms with Crippen LogP contribution < -0.4 is 0 Å². The standard InChI is InChI=1S/C14H9FO/c15-12-7-4-8-13-11(12)9-14(16-13)10-5-2-1-3-6-10/h1-9H. The predicted molar refractivity (Wildman–Crippen MR) is 61.6 cm³/mol. The highest BCUT2D eigenvalue weighted by Gasteiger charge is 2.08. The molecule has 0 amide bonds. The molecule has 0 spiro atoms. The van der Waals surface area contributed by atoms with Gasteiger partial charge in [-0.15, -0.1) is 0 Å². The van der Waals surface area contributed by atoms with E-state index in [-0.39, 0.29) is 5.82 Å². The molecular formula is C14H9FO. The monoisotopic (exact) mass is 212 g/mol. The summed E-state index contributed by atoms with van der Waals surface area (Å²) in [4.78, 5) is 0. The van der Waals surface area contributed by atoms with Crippen molar-refractivity contribution in [3.05, 3.63) is 60.4 Å². The first-order valence-electron chi connectivity index (χ1n) is 5.08. The van der Waals surface area contributed by atoms with Crippen molar-refractivity contribution < 1.29 is 8.81 Å². The van der Waals surface area contributed by atoms with Crippen molar-refractivity contribution in [2.75, 3.05) is 0 Å². The molecule has 0 saturated carbocycles. The van der Waals surface area contributed by atoms with Gasteiger partial charge in [0.05, 0.1) is 5.39 Å². The second-order valence-corrected chi connectivity index (χ2v) is 3.63. The van der Waals surface area contributed by atoms with E-state index in [1.807, 2.05) is 30.3 Å². The van der Waals surface area contributed by atoms with Gasteiger partial charge in [0.15, 0.2) is 0 Å². The van der Waals surface area contributed by atoms with E-state index in [0.717, 1.165) is 5.56 Å². The summed E-state index contributed by atoms with van der Waals surface area (Å²) < 4.78 is 19.1. The lowest BCUT2D eigenvalue weighted by Gasteiger charge is -1.93. The van der Waals surface area contributed by atoms with Crippen LogP contribution in [0.2, 0.25) is 0 Å². The summed E-state index contributed by atoms with van der Waals surface area (Å²) in [5, 5.41) is 0.529. The van der Waals surface area contributed by atoms with Crippen molar-refractivity contribution in [1.29, 1.82) is 0 Å². The summed E-state index contributed by atoms with van der Waals surface area (Å²) in [6.07, 6.45) is 0. The van der Waals surface area contributed by atoms with Gasteiger partial charge in [-0.3, -0.25) is 0 Å². The molecule has 1 heterocycles. The van der Waals surface area contributed by atoms with Gasteiger partial charge in [-0.1, -0.05) is 36.4 Å². The van der Waals surface area contributed by atoms with E-state index in [1.165, 1.54) is 6.07 Å². The average Bonchev–Trinajstić information content (AvgIpc) is 2.76. The van der Waals surface area contributed by atoms with E-state index in [9.17, 15) is 4.39 Å². The van der Waals surface area contributed by atoms with Gasteiger partial charge in [-0.05, 0) is 18.2 Å². The van der Waals surface area contributed by atoms with Gasteiger partial charge < -0.3 is 4.42 Å². The van der Waals surface area contributed by atoms with Gasteiger partial charge in [0.1, 0.15) is 17.2 Å². The van der Waals surface area contributed by atoms with Crippen LogP contribution in [0.4, 0.5) is 4.39 Å². The lowest BCUT2D eigenvalue weighted by molar-refractivity contribution is 0.622. The molecule has 16 heavy (non-hydrogen) atoms. The predicted octanol–water partition coefficient (Wildman–Crippen LogP) is 4.24. The van der Waals surface area contributed by atoms with Gasteiger partial charge in [0, 0.05) is 5.56 Å². The minimum atomic E-state index is -0.247. The molecule has 1 aromatic heterocycles. The van der Waals surface area contributed by atoms with Gasteiger partial charge in [0.25, 0.3) is 0 Å². The van der Waals surface area contributed by atoms with Crippen molar-refractivity contribution in [2.45, 2.75) is 0 Å². The third-order valence-corrected chi connectivity index (χ3v) is 2.57. The fourth-order valence-electron chi connectivity index (χ4n) is 1.77. The first-order chi connectivity index (χ1) is 7.84. The highest BCUT2D eigenvalue weighted by atomic mass is 19.1. The summed E-state index contributed by atoms with van der Waals surface area (Å²) in [5.74, 6) is 0.448. The van der Waals surface area contributed by atoms with Crippen LogP contribution >= 0.6 is 0 Å². The van der Waals surface area contributed by atoms with Crippen LogP contribution in [0, 0.1) is 5.82 Å². The van der Waals surface area contributed by atoms with E-state index in [0.29, 0.717) is 16.7 Å². The van der Waals surface area contributed by atoms with Gasteiger partial charge in [-0.25, -0.2) is 4.39 Å². The van der Waals surface area contributed by atoms with Crippen LogP contribution in [0.3, 0.4) is 0 Å². The molecule has 78 valence electrons. The van der Waals surface area contributed by atoms with Crippen LogP contribution in [0.25, 0.3) is 22.3 Å². The molecule has 0 saturated heterocycles. The van der Waals surface area contributed by atoms with Crippen LogP contribution in [-0.2, 0) is 0 Å². The van der Waals surface area contributed by atoms with Crippen LogP contribution in [0.15, 0.2) is 59.0 Å². The number of hydrogen-bond donors (Lipinski definition) is 0. The third kappa shape index (κ3) is 1.39. The molecule has 0 aliphatic carbocycles. The second-order valence-electron chi connectivity index (χ2n) is 3.63. The lowest BCUT2D eigenvalue weighted by Crippen LogP contribution is -1.71. The second kappa shape index (κ2) is 3.49. The maximum Gasteiger partial charge on any atom is 0.137 e. The number of rotatable bonds is 1.